The molecule has 6 nitrogen and oxygen atoms in total. The van der Waals surface area contributed by atoms with Gasteiger partial charge in [-0.2, -0.15) is 0 Å². The summed E-state index contributed by atoms with van der Waals surface area (Å²) >= 11 is 1.81. The standard InChI is InChI=1S/C17H32N6S.HI/c1-4-15-14-21-16(24-15)6-7-19-17(18-3)20-8-9-23-12-10-22(5-2)11-13-23;/h14H,4-13H2,1-3H3,(H2,18,19,20);1H. The Hall–Kier alpha value is -0.450. The number of piperazine rings is 1. The molecule has 0 saturated carbocycles. The summed E-state index contributed by atoms with van der Waals surface area (Å²) < 4.78 is 0. The van der Waals surface area contributed by atoms with Gasteiger partial charge in [0.25, 0.3) is 0 Å². The van der Waals surface area contributed by atoms with E-state index in [0.717, 1.165) is 38.4 Å². The Kier molecular flexibility index (Phi) is 11.6. The van der Waals surface area contributed by atoms with Crippen molar-refractivity contribution in [3.8, 4) is 0 Å². The second-order valence-electron chi connectivity index (χ2n) is 6.03. The van der Waals surface area contributed by atoms with Crippen LogP contribution in [0.3, 0.4) is 0 Å². The van der Waals surface area contributed by atoms with Crippen molar-refractivity contribution in [2.45, 2.75) is 26.7 Å². The summed E-state index contributed by atoms with van der Waals surface area (Å²) in [4.78, 5) is 15.1. The molecule has 0 unspecified atom stereocenters. The van der Waals surface area contributed by atoms with Crippen LogP contribution in [0.2, 0.25) is 0 Å². The maximum atomic E-state index is 4.45. The molecule has 2 N–H and O–H groups in total. The van der Waals surface area contributed by atoms with Crippen molar-refractivity contribution in [3.63, 3.8) is 0 Å². The van der Waals surface area contributed by atoms with Gasteiger partial charge in [0, 0.05) is 70.4 Å². The number of aryl methyl sites for hydroxylation is 1. The summed E-state index contributed by atoms with van der Waals surface area (Å²) in [5, 5.41) is 7.99. The molecule has 2 rings (SSSR count). The zero-order valence-electron chi connectivity index (χ0n) is 15.8. The van der Waals surface area contributed by atoms with Gasteiger partial charge in [0.15, 0.2) is 5.96 Å². The normalized spacial score (nSPS) is 16.5. The van der Waals surface area contributed by atoms with E-state index in [1.807, 2.05) is 24.6 Å². The highest BCUT2D eigenvalue weighted by molar-refractivity contribution is 14.0. The first-order chi connectivity index (χ1) is 11.7. The monoisotopic (exact) mass is 480 g/mol. The number of nitrogens with one attached hydrogen (secondary N) is 2. The topological polar surface area (TPSA) is 55.8 Å². The maximum Gasteiger partial charge on any atom is 0.191 e. The highest BCUT2D eigenvalue weighted by atomic mass is 127. The molecule has 1 aliphatic rings. The molecule has 0 radical (unpaired) electrons. The molecular weight excluding hydrogens is 447 g/mol. The first-order valence-electron chi connectivity index (χ1n) is 9.08. The van der Waals surface area contributed by atoms with Gasteiger partial charge in [-0.05, 0) is 13.0 Å². The van der Waals surface area contributed by atoms with Crippen molar-refractivity contribution in [1.29, 1.82) is 0 Å². The highest BCUT2D eigenvalue weighted by Gasteiger charge is 2.14. The fraction of sp³-hybridized carbons (Fsp3) is 0.765. The quantitative estimate of drug-likeness (QED) is 0.337. The van der Waals surface area contributed by atoms with Gasteiger partial charge in [0.2, 0.25) is 0 Å². The zero-order chi connectivity index (χ0) is 17.2. The molecule has 25 heavy (non-hydrogen) atoms. The minimum atomic E-state index is 0. The molecule has 0 bridgehead atoms. The average Bonchev–Trinajstić information content (AvgIpc) is 3.09. The van der Waals surface area contributed by atoms with Crippen molar-refractivity contribution in [1.82, 2.24) is 25.4 Å². The summed E-state index contributed by atoms with van der Waals surface area (Å²) in [6, 6.07) is 0. The third-order valence-corrected chi connectivity index (χ3v) is 5.64. The smallest absolute Gasteiger partial charge is 0.191 e. The minimum Gasteiger partial charge on any atom is -0.356 e. The van der Waals surface area contributed by atoms with Gasteiger partial charge in [0.05, 0.1) is 5.01 Å². The van der Waals surface area contributed by atoms with E-state index < -0.39 is 0 Å². The van der Waals surface area contributed by atoms with Gasteiger partial charge < -0.3 is 15.5 Å². The SMILES string of the molecule is CCc1cnc(CCNC(=NC)NCCN2CCN(CC)CC2)s1.I. The Morgan fingerprint density at radius 1 is 1.16 bits per heavy atom. The van der Waals surface area contributed by atoms with Crippen molar-refractivity contribution in [2.24, 2.45) is 4.99 Å². The summed E-state index contributed by atoms with van der Waals surface area (Å²) in [7, 11) is 1.83. The van der Waals surface area contributed by atoms with Gasteiger partial charge in [0.1, 0.15) is 0 Å². The van der Waals surface area contributed by atoms with Crippen LogP contribution in [0.4, 0.5) is 0 Å². The highest BCUT2D eigenvalue weighted by Crippen LogP contribution is 2.13. The van der Waals surface area contributed by atoms with Gasteiger partial charge in [-0.3, -0.25) is 9.89 Å². The van der Waals surface area contributed by atoms with Crippen LogP contribution in [-0.4, -0.2) is 80.1 Å². The van der Waals surface area contributed by atoms with Crippen LogP contribution in [0.25, 0.3) is 0 Å². The molecule has 0 atom stereocenters. The number of aromatic nitrogens is 1. The number of likely N-dealkylation sites (N-methyl/N-ethyl adjacent to an activating group) is 1. The van der Waals surface area contributed by atoms with E-state index in [9.17, 15) is 0 Å². The Morgan fingerprint density at radius 2 is 1.84 bits per heavy atom. The number of rotatable bonds is 8. The molecule has 1 aromatic rings. The van der Waals surface area contributed by atoms with E-state index in [1.165, 1.54) is 42.6 Å². The van der Waals surface area contributed by atoms with Crippen LogP contribution in [0, 0.1) is 0 Å². The fourth-order valence-corrected chi connectivity index (χ4v) is 3.66. The van der Waals surface area contributed by atoms with Gasteiger partial charge >= 0.3 is 0 Å². The predicted octanol–water partition coefficient (Wildman–Crippen LogP) is 1.67. The molecule has 0 amide bonds. The van der Waals surface area contributed by atoms with Crippen LogP contribution in [0.15, 0.2) is 11.2 Å². The number of hydrogen-bond acceptors (Lipinski definition) is 5. The van der Waals surface area contributed by atoms with E-state index in [1.54, 1.807) is 0 Å². The van der Waals surface area contributed by atoms with E-state index in [4.69, 9.17) is 0 Å². The Morgan fingerprint density at radius 3 is 2.44 bits per heavy atom. The second-order valence-corrected chi connectivity index (χ2v) is 7.23. The number of hydrogen-bond donors (Lipinski definition) is 2. The molecule has 1 saturated heterocycles. The van der Waals surface area contributed by atoms with Crippen LogP contribution in [0.1, 0.15) is 23.7 Å². The fourth-order valence-electron chi connectivity index (χ4n) is 2.80. The lowest BCUT2D eigenvalue weighted by Crippen LogP contribution is -2.49. The summed E-state index contributed by atoms with van der Waals surface area (Å²) in [6.07, 6.45) is 4.01. The molecule has 1 aromatic heterocycles. The molecule has 2 heterocycles. The van der Waals surface area contributed by atoms with E-state index in [-0.39, 0.29) is 24.0 Å². The third kappa shape index (κ3) is 8.19. The van der Waals surface area contributed by atoms with Crippen molar-refractivity contribution in [3.05, 3.63) is 16.1 Å². The number of halogens is 1. The van der Waals surface area contributed by atoms with Gasteiger partial charge in [-0.1, -0.05) is 13.8 Å². The molecule has 8 heteroatoms. The molecule has 144 valence electrons. The second kappa shape index (κ2) is 12.8. The molecule has 0 aromatic carbocycles. The lowest BCUT2D eigenvalue weighted by atomic mass is 10.3. The Balaban J connectivity index is 0.00000312. The molecular formula is C17H33IN6S. The van der Waals surface area contributed by atoms with Crippen molar-refractivity contribution in [2.75, 3.05) is 59.4 Å². The average molecular weight is 480 g/mol. The van der Waals surface area contributed by atoms with E-state index >= 15 is 0 Å². The van der Waals surface area contributed by atoms with Crippen LogP contribution in [0.5, 0.6) is 0 Å². The lowest BCUT2D eigenvalue weighted by molar-refractivity contribution is 0.139. The molecule has 0 aliphatic carbocycles. The summed E-state index contributed by atoms with van der Waals surface area (Å²) in [5.41, 5.74) is 0. The number of aliphatic imine (C=N–C) groups is 1. The Bertz CT molecular complexity index is 499. The first-order valence-corrected chi connectivity index (χ1v) is 9.89. The Labute approximate surface area is 173 Å². The van der Waals surface area contributed by atoms with E-state index in [0.29, 0.717) is 0 Å². The van der Waals surface area contributed by atoms with Crippen molar-refractivity contribution >= 4 is 41.3 Å². The maximum absolute atomic E-state index is 4.45. The largest absolute Gasteiger partial charge is 0.356 e. The van der Waals surface area contributed by atoms with Crippen LogP contribution >= 0.6 is 35.3 Å². The van der Waals surface area contributed by atoms with Crippen LogP contribution in [-0.2, 0) is 12.8 Å². The minimum absolute atomic E-state index is 0. The van der Waals surface area contributed by atoms with Crippen LogP contribution < -0.4 is 10.6 Å². The molecule has 0 spiro atoms. The summed E-state index contributed by atoms with van der Waals surface area (Å²) in [5.74, 6) is 0.884. The third-order valence-electron chi connectivity index (χ3n) is 4.44. The zero-order valence-corrected chi connectivity index (χ0v) is 18.9. The lowest BCUT2D eigenvalue weighted by Gasteiger charge is -2.34. The van der Waals surface area contributed by atoms with Gasteiger partial charge in [-0.15, -0.1) is 35.3 Å². The number of nitrogens with zero attached hydrogens (tertiary/aromatic N) is 4. The molecule has 1 aliphatic heterocycles. The first kappa shape index (κ1) is 22.6. The number of guanidine groups is 1. The number of thiazole rings is 1. The van der Waals surface area contributed by atoms with Gasteiger partial charge in [-0.25, -0.2) is 4.98 Å². The summed E-state index contributed by atoms with van der Waals surface area (Å²) in [6.45, 7) is 13.2. The molecule has 1 fully saturated rings. The van der Waals surface area contributed by atoms with E-state index in [2.05, 4.69) is 44.3 Å². The van der Waals surface area contributed by atoms with Crippen molar-refractivity contribution < 1.29 is 0 Å². The predicted molar refractivity (Wildman–Crippen MR) is 119 cm³/mol.